The van der Waals surface area contributed by atoms with E-state index in [4.69, 9.17) is 10.5 Å². The predicted molar refractivity (Wildman–Crippen MR) is 157 cm³/mol. The number of hydrogen-bond donors (Lipinski definition) is 3. The summed E-state index contributed by atoms with van der Waals surface area (Å²) in [6.45, 7) is 8.73. The maximum Gasteiger partial charge on any atom is 0.255 e. The van der Waals surface area contributed by atoms with Gasteiger partial charge in [0.2, 0.25) is 0 Å². The molecule has 1 aromatic heterocycles. The number of primary amides is 1. The van der Waals surface area contributed by atoms with Crippen molar-refractivity contribution in [1.82, 2.24) is 15.1 Å². The molecule has 41 heavy (non-hydrogen) atoms. The molecular formula is C32H34FN5O3. The molecule has 1 aliphatic heterocycles. The lowest BCUT2D eigenvalue weighted by atomic mass is 9.85. The summed E-state index contributed by atoms with van der Waals surface area (Å²) in [7, 11) is 1.50. The van der Waals surface area contributed by atoms with E-state index in [9.17, 15) is 9.59 Å². The van der Waals surface area contributed by atoms with Crippen LogP contribution in [0.5, 0.6) is 5.75 Å². The third-order valence-corrected chi connectivity index (χ3v) is 7.56. The number of benzene rings is 3. The zero-order valence-electron chi connectivity index (χ0n) is 23.9. The number of fused-ring (bicyclic) bond motifs is 2. The van der Waals surface area contributed by atoms with Gasteiger partial charge < -0.3 is 21.1 Å². The lowest BCUT2D eigenvalue weighted by Gasteiger charge is -2.21. The first-order valence-electron chi connectivity index (χ1n) is 13.5. The van der Waals surface area contributed by atoms with E-state index in [0.29, 0.717) is 41.2 Å². The Labute approximate surface area is 238 Å². The fourth-order valence-electron chi connectivity index (χ4n) is 5.12. The van der Waals surface area contributed by atoms with Gasteiger partial charge in [-0.3, -0.25) is 9.59 Å². The minimum absolute atomic E-state index is 0.000759. The molecule has 9 heteroatoms. The molecule has 0 bridgehead atoms. The third kappa shape index (κ3) is 5.27. The van der Waals surface area contributed by atoms with Gasteiger partial charge in [-0.25, -0.2) is 9.07 Å². The smallest absolute Gasteiger partial charge is 0.255 e. The van der Waals surface area contributed by atoms with E-state index in [1.807, 2.05) is 6.07 Å². The summed E-state index contributed by atoms with van der Waals surface area (Å²) in [6.07, 6.45) is 0.685. The van der Waals surface area contributed by atoms with Gasteiger partial charge in [0.1, 0.15) is 28.6 Å². The Morgan fingerprint density at radius 3 is 2.61 bits per heavy atom. The average molecular weight is 556 g/mol. The Morgan fingerprint density at radius 2 is 1.90 bits per heavy atom. The molecule has 3 aromatic carbocycles. The highest BCUT2D eigenvalue weighted by Crippen LogP contribution is 2.37. The molecule has 212 valence electrons. The number of hydrogen-bond acceptors (Lipinski definition) is 5. The van der Waals surface area contributed by atoms with E-state index >= 15 is 4.39 Å². The second kappa shape index (κ2) is 10.7. The van der Waals surface area contributed by atoms with Crippen molar-refractivity contribution in [2.45, 2.75) is 52.6 Å². The second-order valence-corrected chi connectivity index (χ2v) is 11.3. The lowest BCUT2D eigenvalue weighted by molar-refractivity contribution is 0.0946. The zero-order chi connectivity index (χ0) is 29.5. The Morgan fingerprint density at radius 1 is 1.15 bits per heavy atom. The fourth-order valence-corrected chi connectivity index (χ4v) is 5.12. The molecule has 0 saturated carbocycles. The highest BCUT2D eigenvalue weighted by molar-refractivity contribution is 6.04. The average Bonchev–Trinajstić information content (AvgIpc) is 3.20. The Kier molecular flexibility index (Phi) is 7.29. The first kappa shape index (κ1) is 27.9. The topological polar surface area (TPSA) is 111 Å². The maximum absolute atomic E-state index is 15.8. The van der Waals surface area contributed by atoms with E-state index in [1.165, 1.54) is 12.7 Å². The van der Waals surface area contributed by atoms with Gasteiger partial charge >= 0.3 is 0 Å². The fraction of sp³-hybridized carbons (Fsp3) is 0.281. The number of nitrogens with zero attached hydrogens (tertiary/aromatic N) is 2. The van der Waals surface area contributed by atoms with Crippen molar-refractivity contribution >= 4 is 23.3 Å². The molecule has 0 atom stereocenters. The highest BCUT2D eigenvalue weighted by Gasteiger charge is 2.28. The summed E-state index contributed by atoms with van der Waals surface area (Å²) in [5.74, 6) is -0.664. The molecule has 4 N–H and O–H groups in total. The summed E-state index contributed by atoms with van der Waals surface area (Å²) in [6, 6.07) is 16.4. The summed E-state index contributed by atoms with van der Waals surface area (Å²) >= 11 is 0. The van der Waals surface area contributed by atoms with Crippen molar-refractivity contribution < 1.29 is 18.7 Å². The van der Waals surface area contributed by atoms with E-state index in [2.05, 4.69) is 48.6 Å². The molecule has 2 heterocycles. The van der Waals surface area contributed by atoms with Gasteiger partial charge in [0.05, 0.1) is 12.7 Å². The summed E-state index contributed by atoms with van der Waals surface area (Å²) in [5.41, 5.74) is 10.8. The summed E-state index contributed by atoms with van der Waals surface area (Å²) in [5, 5.41) is 10.8. The number of aromatic nitrogens is 2. The standard InChI is InChI=1S/C32H34FN5O3/c1-18-20(17-35-31(40)22-8-6-7-9-25(22)41-5)10-12-23(27(18)33)28-26(29(34)39)30-36-24-13-11-21(32(2,3)4)16-19(24)14-15-38(30)37-28/h6-13,16,36H,14-15,17H2,1-5H3,(H2,34,39)(H,35,40). The van der Waals surface area contributed by atoms with Gasteiger partial charge in [-0.15, -0.1) is 0 Å². The molecule has 0 aliphatic carbocycles. The molecule has 0 spiro atoms. The highest BCUT2D eigenvalue weighted by atomic mass is 19.1. The van der Waals surface area contributed by atoms with E-state index in [-0.39, 0.29) is 34.7 Å². The van der Waals surface area contributed by atoms with Crippen LogP contribution in [-0.4, -0.2) is 28.7 Å². The molecular weight excluding hydrogens is 521 g/mol. The quantitative estimate of drug-likeness (QED) is 0.286. The lowest BCUT2D eigenvalue weighted by Crippen LogP contribution is -2.24. The number of amides is 2. The Bertz CT molecular complexity index is 1670. The van der Waals surface area contributed by atoms with Crippen LogP contribution in [0.2, 0.25) is 0 Å². The number of nitrogens with one attached hydrogen (secondary N) is 2. The Balaban J connectivity index is 1.45. The van der Waals surface area contributed by atoms with Gasteiger partial charge in [0, 0.05) is 24.3 Å². The molecule has 0 radical (unpaired) electrons. The SMILES string of the molecule is COc1ccccc1C(=O)NCc1ccc(-c2nn3c(c2C(N)=O)Nc2ccc(C(C)(C)C)cc2CC3)c(F)c1C. The number of para-hydroxylation sites is 1. The van der Waals surface area contributed by atoms with Crippen LogP contribution < -0.4 is 21.1 Å². The van der Waals surface area contributed by atoms with Crippen molar-refractivity contribution in [3.05, 3.63) is 93.8 Å². The van der Waals surface area contributed by atoms with E-state index in [1.54, 1.807) is 48.0 Å². The van der Waals surface area contributed by atoms with Crippen molar-refractivity contribution in [3.63, 3.8) is 0 Å². The summed E-state index contributed by atoms with van der Waals surface area (Å²) in [4.78, 5) is 25.5. The number of methoxy groups -OCH3 is 1. The van der Waals surface area contributed by atoms with Crippen LogP contribution in [0.1, 0.15) is 63.7 Å². The zero-order valence-corrected chi connectivity index (χ0v) is 23.9. The Hall–Kier alpha value is -4.66. The van der Waals surface area contributed by atoms with Crippen LogP contribution in [-0.2, 0) is 24.9 Å². The van der Waals surface area contributed by atoms with Gasteiger partial charge in [-0.2, -0.15) is 5.10 Å². The maximum atomic E-state index is 15.8. The minimum Gasteiger partial charge on any atom is -0.496 e. The van der Waals surface area contributed by atoms with Crippen molar-refractivity contribution in [2.75, 3.05) is 12.4 Å². The van der Waals surface area contributed by atoms with Crippen LogP contribution in [0.3, 0.4) is 0 Å². The van der Waals surface area contributed by atoms with Gasteiger partial charge in [-0.1, -0.05) is 51.1 Å². The number of nitrogens with two attached hydrogens (primary N) is 1. The molecule has 4 aromatic rings. The number of carbonyl (C=O) groups excluding carboxylic acids is 2. The molecule has 0 unspecified atom stereocenters. The van der Waals surface area contributed by atoms with Gasteiger partial charge in [0.15, 0.2) is 0 Å². The van der Waals surface area contributed by atoms with Crippen LogP contribution >= 0.6 is 0 Å². The molecule has 5 rings (SSSR count). The predicted octanol–water partition coefficient (Wildman–Crippen LogP) is 5.63. The molecule has 0 saturated heterocycles. The van der Waals surface area contributed by atoms with Crippen molar-refractivity contribution in [1.29, 1.82) is 0 Å². The van der Waals surface area contributed by atoms with E-state index in [0.717, 1.165) is 11.3 Å². The van der Waals surface area contributed by atoms with Crippen LogP contribution in [0.15, 0.2) is 54.6 Å². The molecule has 0 fully saturated rings. The first-order valence-corrected chi connectivity index (χ1v) is 13.5. The van der Waals surface area contributed by atoms with Crippen molar-refractivity contribution in [2.24, 2.45) is 5.73 Å². The number of rotatable bonds is 6. The summed E-state index contributed by atoms with van der Waals surface area (Å²) < 4.78 is 22.8. The largest absolute Gasteiger partial charge is 0.496 e. The molecule has 1 aliphatic rings. The van der Waals surface area contributed by atoms with E-state index < -0.39 is 11.7 Å². The van der Waals surface area contributed by atoms with Crippen LogP contribution in [0.4, 0.5) is 15.9 Å². The minimum atomic E-state index is -0.700. The third-order valence-electron chi connectivity index (χ3n) is 7.56. The van der Waals surface area contributed by atoms with Gasteiger partial charge in [-0.05, 0) is 65.3 Å². The number of carbonyl (C=O) groups is 2. The molecule has 2 amide bonds. The van der Waals surface area contributed by atoms with Gasteiger partial charge in [0.25, 0.3) is 11.8 Å². The number of aryl methyl sites for hydroxylation is 2. The molecule has 8 nitrogen and oxygen atoms in total. The van der Waals surface area contributed by atoms with Crippen molar-refractivity contribution in [3.8, 4) is 17.0 Å². The first-order chi connectivity index (χ1) is 19.5. The van der Waals surface area contributed by atoms with Crippen LogP contribution in [0, 0.1) is 12.7 Å². The number of halogens is 1. The number of anilines is 2. The van der Waals surface area contributed by atoms with Crippen LogP contribution in [0.25, 0.3) is 11.3 Å². The second-order valence-electron chi connectivity index (χ2n) is 11.3. The monoisotopic (exact) mass is 555 g/mol. The number of ether oxygens (including phenoxy) is 1. The normalized spacial score (nSPS) is 12.5.